The van der Waals surface area contributed by atoms with Crippen molar-refractivity contribution in [1.82, 2.24) is 4.90 Å². The highest BCUT2D eigenvalue weighted by atomic mass is 16.1. The standard InChI is InChI=1S/C7H14N4O/c1-3-7(12)4-5-11(2)6-9-10-8/h3-6H2,1-2H3. The molecule has 0 N–H and O–H groups in total. The lowest BCUT2D eigenvalue weighted by Gasteiger charge is -2.11. The van der Waals surface area contributed by atoms with E-state index in [0.29, 0.717) is 26.1 Å². The van der Waals surface area contributed by atoms with E-state index >= 15 is 0 Å². The van der Waals surface area contributed by atoms with Crippen LogP contribution < -0.4 is 0 Å². The van der Waals surface area contributed by atoms with E-state index < -0.39 is 0 Å². The van der Waals surface area contributed by atoms with Crippen LogP contribution in [0.1, 0.15) is 19.8 Å². The molecule has 0 aromatic heterocycles. The Morgan fingerprint density at radius 1 is 1.67 bits per heavy atom. The molecule has 0 saturated heterocycles. The molecule has 0 saturated carbocycles. The predicted octanol–water partition coefficient (Wildman–Crippen LogP) is 1.56. The van der Waals surface area contributed by atoms with Crippen molar-refractivity contribution >= 4 is 5.78 Å². The first-order valence-electron chi connectivity index (χ1n) is 3.91. The fourth-order valence-corrected chi connectivity index (χ4v) is 0.699. The highest BCUT2D eigenvalue weighted by Crippen LogP contribution is 1.92. The Morgan fingerprint density at radius 3 is 2.83 bits per heavy atom. The van der Waals surface area contributed by atoms with Crippen LogP contribution in [0.5, 0.6) is 0 Å². The van der Waals surface area contributed by atoms with Gasteiger partial charge in [0.25, 0.3) is 0 Å². The third kappa shape index (κ3) is 5.70. The maximum Gasteiger partial charge on any atom is 0.133 e. The quantitative estimate of drug-likeness (QED) is 0.345. The minimum Gasteiger partial charge on any atom is -0.300 e. The molecule has 0 atom stereocenters. The second-order valence-corrected chi connectivity index (χ2v) is 2.59. The summed E-state index contributed by atoms with van der Waals surface area (Å²) in [7, 11) is 1.82. The maximum atomic E-state index is 10.9. The molecular formula is C7H14N4O. The van der Waals surface area contributed by atoms with Crippen molar-refractivity contribution < 1.29 is 4.79 Å². The largest absolute Gasteiger partial charge is 0.300 e. The van der Waals surface area contributed by atoms with Crippen LogP contribution in [-0.4, -0.2) is 30.9 Å². The molecule has 0 heterocycles. The Balaban J connectivity index is 3.49. The van der Waals surface area contributed by atoms with Crippen molar-refractivity contribution in [3.05, 3.63) is 10.4 Å². The van der Waals surface area contributed by atoms with Gasteiger partial charge in [-0.1, -0.05) is 12.0 Å². The van der Waals surface area contributed by atoms with Crippen LogP contribution in [0.3, 0.4) is 0 Å². The van der Waals surface area contributed by atoms with Gasteiger partial charge >= 0.3 is 0 Å². The number of Topliss-reactive ketones (excluding diaryl/α,β-unsaturated/α-hetero) is 1. The topological polar surface area (TPSA) is 69.1 Å². The van der Waals surface area contributed by atoms with Crippen LogP contribution in [0.25, 0.3) is 10.4 Å². The highest BCUT2D eigenvalue weighted by molar-refractivity contribution is 5.78. The van der Waals surface area contributed by atoms with E-state index in [4.69, 9.17) is 5.53 Å². The van der Waals surface area contributed by atoms with Crippen molar-refractivity contribution in [2.75, 3.05) is 20.3 Å². The van der Waals surface area contributed by atoms with Crippen LogP contribution >= 0.6 is 0 Å². The zero-order valence-electron chi connectivity index (χ0n) is 7.53. The average Bonchev–Trinajstić information content (AvgIpc) is 2.10. The molecule has 0 aliphatic rings. The SMILES string of the molecule is CCC(=O)CCN(C)CN=[N+]=[N-]. The number of carbonyl (C=O) groups is 1. The normalized spacial score (nSPS) is 9.58. The molecule has 0 amide bonds. The molecule has 0 rings (SSSR count). The third-order valence-electron chi connectivity index (χ3n) is 1.53. The van der Waals surface area contributed by atoms with Crippen LogP contribution in [0.2, 0.25) is 0 Å². The molecule has 0 radical (unpaired) electrons. The minimum absolute atomic E-state index is 0.239. The van der Waals surface area contributed by atoms with Gasteiger partial charge in [-0.2, -0.15) is 0 Å². The number of hydrogen-bond acceptors (Lipinski definition) is 3. The van der Waals surface area contributed by atoms with Gasteiger partial charge in [0.05, 0.1) is 6.67 Å². The van der Waals surface area contributed by atoms with Crippen LogP contribution in [0.4, 0.5) is 0 Å². The Labute approximate surface area is 72.0 Å². The molecule has 0 unspecified atom stereocenters. The zero-order chi connectivity index (χ0) is 9.40. The van der Waals surface area contributed by atoms with E-state index in [1.54, 1.807) is 0 Å². The zero-order valence-corrected chi connectivity index (χ0v) is 7.53. The molecule has 0 aromatic rings. The van der Waals surface area contributed by atoms with E-state index in [9.17, 15) is 4.79 Å². The lowest BCUT2D eigenvalue weighted by atomic mass is 10.2. The fraction of sp³-hybridized carbons (Fsp3) is 0.857. The van der Waals surface area contributed by atoms with Crippen LogP contribution in [0.15, 0.2) is 5.11 Å². The lowest BCUT2D eigenvalue weighted by Crippen LogP contribution is -2.21. The van der Waals surface area contributed by atoms with E-state index in [-0.39, 0.29) is 5.78 Å². The van der Waals surface area contributed by atoms with E-state index in [1.807, 2.05) is 18.9 Å². The van der Waals surface area contributed by atoms with Gasteiger partial charge in [0.15, 0.2) is 0 Å². The van der Waals surface area contributed by atoms with Gasteiger partial charge < -0.3 is 4.90 Å². The van der Waals surface area contributed by atoms with Gasteiger partial charge in [0, 0.05) is 24.3 Å². The molecule has 12 heavy (non-hydrogen) atoms. The first-order chi connectivity index (χ1) is 5.70. The summed E-state index contributed by atoms with van der Waals surface area (Å²) >= 11 is 0. The highest BCUT2D eigenvalue weighted by Gasteiger charge is 2.00. The van der Waals surface area contributed by atoms with Gasteiger partial charge in [-0.05, 0) is 12.6 Å². The molecule has 0 aromatic carbocycles. The summed E-state index contributed by atoms with van der Waals surface area (Å²) in [5, 5.41) is 3.37. The van der Waals surface area contributed by atoms with Crippen molar-refractivity contribution in [3.63, 3.8) is 0 Å². The van der Waals surface area contributed by atoms with Gasteiger partial charge in [-0.25, -0.2) is 0 Å². The lowest BCUT2D eigenvalue weighted by molar-refractivity contribution is -0.119. The van der Waals surface area contributed by atoms with E-state index in [2.05, 4.69) is 10.0 Å². The summed E-state index contributed by atoms with van der Waals surface area (Å²) in [5.41, 5.74) is 8.00. The Hall–Kier alpha value is -1.06. The summed E-state index contributed by atoms with van der Waals surface area (Å²) in [6.07, 6.45) is 1.11. The van der Waals surface area contributed by atoms with Gasteiger partial charge in [0.1, 0.15) is 5.78 Å². The average molecular weight is 170 g/mol. The molecule has 0 bridgehead atoms. The molecule has 0 aliphatic heterocycles. The van der Waals surface area contributed by atoms with Crippen molar-refractivity contribution in [1.29, 1.82) is 0 Å². The number of nitrogens with zero attached hydrogens (tertiary/aromatic N) is 4. The number of carbonyl (C=O) groups excluding carboxylic acids is 1. The van der Waals surface area contributed by atoms with Crippen LogP contribution in [-0.2, 0) is 4.79 Å². The van der Waals surface area contributed by atoms with Gasteiger partial charge in [-0.15, -0.1) is 0 Å². The Morgan fingerprint density at radius 2 is 2.33 bits per heavy atom. The molecular weight excluding hydrogens is 156 g/mol. The summed E-state index contributed by atoms with van der Waals surface area (Å²) in [4.78, 5) is 15.3. The maximum absolute atomic E-state index is 10.9. The third-order valence-corrected chi connectivity index (χ3v) is 1.53. The molecule has 0 spiro atoms. The fourth-order valence-electron chi connectivity index (χ4n) is 0.699. The van der Waals surface area contributed by atoms with Gasteiger partial charge in [0.2, 0.25) is 0 Å². The minimum atomic E-state index is 0.239. The number of azide groups is 1. The summed E-state index contributed by atoms with van der Waals surface area (Å²) < 4.78 is 0. The molecule has 0 aliphatic carbocycles. The van der Waals surface area contributed by atoms with E-state index in [1.165, 1.54) is 0 Å². The first-order valence-corrected chi connectivity index (χ1v) is 3.91. The molecule has 5 nitrogen and oxygen atoms in total. The van der Waals surface area contributed by atoms with Crippen molar-refractivity contribution in [2.24, 2.45) is 5.11 Å². The van der Waals surface area contributed by atoms with E-state index in [0.717, 1.165) is 0 Å². The van der Waals surface area contributed by atoms with Crippen LogP contribution in [0, 0.1) is 0 Å². The summed E-state index contributed by atoms with van der Waals surface area (Å²) in [6.45, 7) is 2.83. The van der Waals surface area contributed by atoms with Crippen molar-refractivity contribution in [3.8, 4) is 0 Å². The smallest absolute Gasteiger partial charge is 0.133 e. The molecule has 5 heteroatoms. The molecule has 0 fully saturated rings. The van der Waals surface area contributed by atoms with Crippen molar-refractivity contribution in [2.45, 2.75) is 19.8 Å². The predicted molar refractivity (Wildman–Crippen MR) is 46.6 cm³/mol. The number of rotatable bonds is 6. The second-order valence-electron chi connectivity index (χ2n) is 2.59. The number of hydrogen-bond donors (Lipinski definition) is 0. The molecule has 68 valence electrons. The Kier molecular flexibility index (Phi) is 6.05. The van der Waals surface area contributed by atoms with Gasteiger partial charge in [-0.3, -0.25) is 4.79 Å². The Bertz CT molecular complexity index is 186. The second kappa shape index (κ2) is 6.64. The summed E-state index contributed by atoms with van der Waals surface area (Å²) in [6, 6.07) is 0. The monoisotopic (exact) mass is 170 g/mol. The summed E-state index contributed by atoms with van der Waals surface area (Å²) in [5.74, 6) is 0.239. The number of ketones is 1. The first kappa shape index (κ1) is 10.9.